The third kappa shape index (κ3) is 2.56. The molecule has 0 bridgehead atoms. The van der Waals surface area contributed by atoms with Gasteiger partial charge in [0.05, 0.1) is 5.69 Å². The van der Waals surface area contributed by atoms with Crippen LogP contribution >= 0.6 is 0 Å². The molecule has 1 heterocycles. The molecule has 1 aliphatic rings. The lowest BCUT2D eigenvalue weighted by Gasteiger charge is -2.25. The number of nitrogens with zero attached hydrogens (tertiary/aromatic N) is 1. The number of hydrogen-bond acceptors (Lipinski definition) is 5. The lowest BCUT2D eigenvalue weighted by Crippen LogP contribution is -2.40. The van der Waals surface area contributed by atoms with Gasteiger partial charge in [-0.05, 0) is 38.1 Å². The van der Waals surface area contributed by atoms with Gasteiger partial charge in [0, 0.05) is 12.2 Å². The topological polar surface area (TPSA) is 119 Å². The molecular formula is C12H18N4O3S. The van der Waals surface area contributed by atoms with Gasteiger partial charge in [0.15, 0.2) is 0 Å². The first-order valence-corrected chi connectivity index (χ1v) is 7.74. The number of nitrogens with two attached hydrogens (primary N) is 2. The number of carbonyl (C=O) groups excluding carboxylic acids is 1. The van der Waals surface area contributed by atoms with Crippen LogP contribution in [0.25, 0.3) is 0 Å². The summed E-state index contributed by atoms with van der Waals surface area (Å²) in [6.07, 6.45) is 1.57. The average Bonchev–Trinajstić information content (AvgIpc) is 2.87. The van der Waals surface area contributed by atoms with Gasteiger partial charge in [0.2, 0.25) is 15.9 Å². The molecule has 0 aromatic heterocycles. The lowest BCUT2D eigenvalue weighted by molar-refractivity contribution is -0.119. The van der Waals surface area contributed by atoms with Crippen LogP contribution in [0.5, 0.6) is 0 Å². The zero-order chi connectivity index (χ0) is 14.9. The van der Waals surface area contributed by atoms with E-state index in [1.807, 2.05) is 4.90 Å². The van der Waals surface area contributed by atoms with Crippen molar-refractivity contribution in [2.45, 2.75) is 23.8 Å². The molecule has 1 saturated heterocycles. The van der Waals surface area contributed by atoms with Crippen LogP contribution in [0.4, 0.5) is 11.4 Å². The Kier molecular flexibility index (Phi) is 3.87. The van der Waals surface area contributed by atoms with Crippen molar-refractivity contribution in [3.63, 3.8) is 0 Å². The van der Waals surface area contributed by atoms with Crippen LogP contribution in [-0.4, -0.2) is 34.0 Å². The van der Waals surface area contributed by atoms with Gasteiger partial charge in [-0.2, -0.15) is 0 Å². The Morgan fingerprint density at radius 3 is 2.70 bits per heavy atom. The Bertz CT molecular complexity index is 630. The molecule has 1 aromatic rings. The number of nitrogen functional groups attached to an aromatic ring is 1. The summed E-state index contributed by atoms with van der Waals surface area (Å²) in [7, 11) is -2.26. The molecule has 1 atom stereocenters. The molecule has 1 aliphatic heterocycles. The molecule has 0 spiro atoms. The van der Waals surface area contributed by atoms with Crippen molar-refractivity contribution in [1.29, 1.82) is 0 Å². The maximum Gasteiger partial charge on any atom is 0.242 e. The number of primary amides is 1. The van der Waals surface area contributed by atoms with E-state index in [0.29, 0.717) is 18.7 Å². The van der Waals surface area contributed by atoms with Gasteiger partial charge < -0.3 is 16.4 Å². The first kappa shape index (κ1) is 14.6. The van der Waals surface area contributed by atoms with Crippen molar-refractivity contribution in [2.24, 2.45) is 5.73 Å². The van der Waals surface area contributed by atoms with Gasteiger partial charge in [-0.25, -0.2) is 13.1 Å². The van der Waals surface area contributed by atoms with Gasteiger partial charge >= 0.3 is 0 Å². The summed E-state index contributed by atoms with van der Waals surface area (Å²) in [6.45, 7) is 0.700. The predicted molar refractivity (Wildman–Crippen MR) is 76.7 cm³/mol. The van der Waals surface area contributed by atoms with E-state index in [1.165, 1.54) is 13.1 Å². The van der Waals surface area contributed by atoms with Crippen molar-refractivity contribution in [2.75, 3.05) is 24.2 Å². The SMILES string of the molecule is CNS(=O)(=O)c1ccc(N2CCCC2C(N)=O)cc1N. The predicted octanol–water partition coefficient (Wildman–Crippen LogP) is -0.369. The number of sulfonamides is 1. The molecule has 0 saturated carbocycles. The summed E-state index contributed by atoms with van der Waals surface area (Å²) in [5, 5.41) is 0. The molecular weight excluding hydrogens is 280 g/mol. The highest BCUT2D eigenvalue weighted by molar-refractivity contribution is 7.89. The Morgan fingerprint density at radius 1 is 1.45 bits per heavy atom. The number of rotatable bonds is 4. The maximum atomic E-state index is 11.7. The summed E-state index contributed by atoms with van der Waals surface area (Å²) in [4.78, 5) is 13.3. The first-order chi connectivity index (χ1) is 9.36. The molecule has 1 fully saturated rings. The van der Waals surface area contributed by atoms with Crippen LogP contribution in [-0.2, 0) is 14.8 Å². The summed E-state index contributed by atoms with van der Waals surface area (Å²) < 4.78 is 25.7. The van der Waals surface area contributed by atoms with E-state index >= 15 is 0 Å². The van der Waals surface area contributed by atoms with Crippen LogP contribution < -0.4 is 21.1 Å². The molecule has 2 rings (SSSR count). The molecule has 110 valence electrons. The van der Waals surface area contributed by atoms with Gasteiger partial charge in [0.1, 0.15) is 10.9 Å². The van der Waals surface area contributed by atoms with Crippen molar-refractivity contribution in [3.8, 4) is 0 Å². The number of hydrogen-bond donors (Lipinski definition) is 3. The highest BCUT2D eigenvalue weighted by Gasteiger charge is 2.29. The second-order valence-electron chi connectivity index (χ2n) is 4.68. The van der Waals surface area contributed by atoms with Gasteiger partial charge in [-0.15, -0.1) is 0 Å². The second kappa shape index (κ2) is 5.29. The van der Waals surface area contributed by atoms with Crippen molar-refractivity contribution >= 4 is 27.3 Å². The number of carbonyl (C=O) groups is 1. The minimum Gasteiger partial charge on any atom is -0.398 e. The zero-order valence-corrected chi connectivity index (χ0v) is 12.0. The first-order valence-electron chi connectivity index (χ1n) is 6.26. The summed E-state index contributed by atoms with van der Waals surface area (Å²) in [5.41, 5.74) is 12.0. The summed E-state index contributed by atoms with van der Waals surface area (Å²) in [5.74, 6) is -0.381. The summed E-state index contributed by atoms with van der Waals surface area (Å²) >= 11 is 0. The van der Waals surface area contributed by atoms with E-state index in [0.717, 1.165) is 6.42 Å². The Hall–Kier alpha value is -1.80. The number of benzene rings is 1. The van der Waals surface area contributed by atoms with Gasteiger partial charge in [-0.3, -0.25) is 4.79 Å². The average molecular weight is 298 g/mol. The highest BCUT2D eigenvalue weighted by atomic mass is 32.2. The van der Waals surface area contributed by atoms with E-state index in [1.54, 1.807) is 12.1 Å². The van der Waals surface area contributed by atoms with Crippen LogP contribution in [0, 0.1) is 0 Å². The smallest absolute Gasteiger partial charge is 0.242 e. The fourth-order valence-electron chi connectivity index (χ4n) is 2.44. The highest BCUT2D eigenvalue weighted by Crippen LogP contribution is 2.29. The molecule has 0 radical (unpaired) electrons. The zero-order valence-electron chi connectivity index (χ0n) is 11.2. The third-order valence-electron chi connectivity index (χ3n) is 3.46. The van der Waals surface area contributed by atoms with Crippen LogP contribution in [0.1, 0.15) is 12.8 Å². The molecule has 20 heavy (non-hydrogen) atoms. The second-order valence-corrected chi connectivity index (χ2v) is 6.54. The van der Waals surface area contributed by atoms with Gasteiger partial charge in [0.25, 0.3) is 0 Å². The van der Waals surface area contributed by atoms with Crippen LogP contribution in [0.3, 0.4) is 0 Å². The van der Waals surface area contributed by atoms with E-state index in [-0.39, 0.29) is 22.5 Å². The quantitative estimate of drug-likeness (QED) is 0.655. The van der Waals surface area contributed by atoms with E-state index in [2.05, 4.69) is 4.72 Å². The standard InChI is InChI=1S/C12H18N4O3S/c1-15-20(18,19)11-5-4-8(7-9(11)13)16-6-2-3-10(16)12(14)17/h4-5,7,10,15H,2-3,6,13H2,1H3,(H2,14,17). The van der Waals surface area contributed by atoms with E-state index < -0.39 is 10.0 Å². The Labute approximate surface area is 118 Å². The number of amides is 1. The Balaban J connectivity index is 2.37. The fraction of sp³-hybridized carbons (Fsp3) is 0.417. The van der Waals surface area contributed by atoms with Crippen LogP contribution in [0.15, 0.2) is 23.1 Å². The van der Waals surface area contributed by atoms with Gasteiger partial charge in [-0.1, -0.05) is 0 Å². The monoisotopic (exact) mass is 298 g/mol. The molecule has 1 amide bonds. The minimum absolute atomic E-state index is 0.0265. The van der Waals surface area contributed by atoms with E-state index in [4.69, 9.17) is 11.5 Å². The fourth-order valence-corrected chi connectivity index (χ4v) is 3.28. The lowest BCUT2D eigenvalue weighted by atomic mass is 10.2. The number of anilines is 2. The molecule has 7 nitrogen and oxygen atoms in total. The van der Waals surface area contributed by atoms with Crippen molar-refractivity contribution < 1.29 is 13.2 Å². The molecule has 5 N–H and O–H groups in total. The largest absolute Gasteiger partial charge is 0.398 e. The molecule has 1 aromatic carbocycles. The molecule has 0 aliphatic carbocycles. The van der Waals surface area contributed by atoms with E-state index in [9.17, 15) is 13.2 Å². The molecule has 1 unspecified atom stereocenters. The Morgan fingerprint density at radius 2 is 2.15 bits per heavy atom. The van der Waals surface area contributed by atoms with Crippen LogP contribution in [0.2, 0.25) is 0 Å². The molecule has 8 heteroatoms. The third-order valence-corrected chi connectivity index (χ3v) is 4.95. The minimum atomic E-state index is -3.58. The number of nitrogens with one attached hydrogen (secondary N) is 1. The normalized spacial score (nSPS) is 19.2. The maximum absolute atomic E-state index is 11.7. The van der Waals surface area contributed by atoms with Crippen molar-refractivity contribution in [1.82, 2.24) is 4.72 Å². The van der Waals surface area contributed by atoms with Crippen molar-refractivity contribution in [3.05, 3.63) is 18.2 Å². The summed E-state index contributed by atoms with van der Waals surface area (Å²) in [6, 6.07) is 4.28.